The number of aryl methyl sites for hydroxylation is 1. The maximum absolute atomic E-state index is 12.4. The first kappa shape index (κ1) is 16.7. The Labute approximate surface area is 151 Å². The number of carbonyl (C=O) groups is 1. The Kier molecular flexibility index (Phi) is 3.83. The van der Waals surface area contributed by atoms with Crippen molar-refractivity contribution in [3.05, 3.63) is 57.4 Å². The van der Waals surface area contributed by atoms with Gasteiger partial charge in [-0.1, -0.05) is 6.07 Å². The van der Waals surface area contributed by atoms with Gasteiger partial charge in [-0.2, -0.15) is 0 Å². The predicted octanol–water partition coefficient (Wildman–Crippen LogP) is -1.21. The quantitative estimate of drug-likeness (QED) is 0.483. The second kappa shape index (κ2) is 6.20. The summed E-state index contributed by atoms with van der Waals surface area (Å²) in [6.07, 6.45) is 3.18. The fraction of sp³-hybridized carbons (Fsp3) is 0.250. The highest BCUT2D eigenvalue weighted by molar-refractivity contribution is 5.78. The first-order valence-electron chi connectivity index (χ1n) is 8.13. The fourth-order valence-corrected chi connectivity index (χ4v) is 2.92. The SMILES string of the molecule is Cn1c(=O)c2c(ncn2CC(=O)NCc2nnc3ccccn23)n(C)c1=O. The average Bonchev–Trinajstić information content (AvgIpc) is 3.27. The molecule has 0 radical (unpaired) electrons. The lowest BCUT2D eigenvalue weighted by Gasteiger charge is -2.07. The fourth-order valence-electron chi connectivity index (χ4n) is 2.92. The Balaban J connectivity index is 1.57. The van der Waals surface area contributed by atoms with Crippen LogP contribution in [0.4, 0.5) is 0 Å². The molecule has 138 valence electrons. The summed E-state index contributed by atoms with van der Waals surface area (Å²) in [4.78, 5) is 40.8. The van der Waals surface area contributed by atoms with E-state index in [-0.39, 0.29) is 30.2 Å². The summed E-state index contributed by atoms with van der Waals surface area (Å²) in [5, 5.41) is 10.8. The van der Waals surface area contributed by atoms with Gasteiger partial charge in [0.05, 0.1) is 12.9 Å². The first-order chi connectivity index (χ1) is 13.0. The van der Waals surface area contributed by atoms with Gasteiger partial charge in [0, 0.05) is 20.3 Å². The van der Waals surface area contributed by atoms with Gasteiger partial charge in [-0.15, -0.1) is 10.2 Å². The summed E-state index contributed by atoms with van der Waals surface area (Å²) in [5.41, 5.74) is 0.150. The third-order valence-electron chi connectivity index (χ3n) is 4.36. The van der Waals surface area contributed by atoms with Crippen molar-refractivity contribution in [1.82, 2.24) is 38.6 Å². The molecule has 4 aromatic heterocycles. The Morgan fingerprint density at radius 3 is 2.78 bits per heavy atom. The number of hydrogen-bond donors (Lipinski definition) is 1. The van der Waals surface area contributed by atoms with Crippen molar-refractivity contribution < 1.29 is 4.79 Å². The minimum Gasteiger partial charge on any atom is -0.347 e. The van der Waals surface area contributed by atoms with E-state index in [1.165, 1.54) is 29.6 Å². The molecule has 11 heteroatoms. The molecule has 0 aliphatic rings. The molecule has 0 aromatic carbocycles. The molecule has 0 spiro atoms. The normalized spacial score (nSPS) is 11.3. The molecule has 4 aromatic rings. The molecule has 0 fully saturated rings. The molecule has 0 saturated heterocycles. The van der Waals surface area contributed by atoms with Gasteiger partial charge in [-0.3, -0.25) is 23.1 Å². The molecule has 0 aliphatic carbocycles. The van der Waals surface area contributed by atoms with Gasteiger partial charge in [0.1, 0.15) is 6.54 Å². The smallest absolute Gasteiger partial charge is 0.332 e. The number of pyridine rings is 1. The number of aromatic nitrogens is 7. The molecule has 0 bridgehead atoms. The van der Waals surface area contributed by atoms with Crippen molar-refractivity contribution >= 4 is 22.7 Å². The van der Waals surface area contributed by atoms with Crippen LogP contribution in [0, 0.1) is 0 Å². The second-order valence-corrected chi connectivity index (χ2v) is 6.07. The van der Waals surface area contributed by atoms with Gasteiger partial charge < -0.3 is 9.88 Å². The van der Waals surface area contributed by atoms with E-state index in [1.807, 2.05) is 24.4 Å². The van der Waals surface area contributed by atoms with E-state index >= 15 is 0 Å². The van der Waals surface area contributed by atoms with E-state index < -0.39 is 11.2 Å². The van der Waals surface area contributed by atoms with E-state index in [9.17, 15) is 14.4 Å². The van der Waals surface area contributed by atoms with Crippen LogP contribution < -0.4 is 16.6 Å². The summed E-state index contributed by atoms with van der Waals surface area (Å²) in [6.45, 7) is 0.0772. The van der Waals surface area contributed by atoms with E-state index in [1.54, 1.807) is 4.40 Å². The molecule has 0 unspecified atom stereocenters. The van der Waals surface area contributed by atoms with Crippen LogP contribution in [0.15, 0.2) is 40.3 Å². The lowest BCUT2D eigenvalue weighted by atomic mass is 10.4. The number of nitrogens with zero attached hydrogens (tertiary/aromatic N) is 7. The molecule has 0 saturated carbocycles. The van der Waals surface area contributed by atoms with Crippen LogP contribution in [0.1, 0.15) is 5.82 Å². The number of fused-ring (bicyclic) bond motifs is 2. The topological polar surface area (TPSA) is 121 Å². The monoisotopic (exact) mass is 368 g/mol. The van der Waals surface area contributed by atoms with E-state index in [4.69, 9.17) is 0 Å². The van der Waals surface area contributed by atoms with E-state index in [0.29, 0.717) is 11.5 Å². The lowest BCUT2D eigenvalue weighted by Crippen LogP contribution is -2.38. The zero-order valence-corrected chi connectivity index (χ0v) is 14.7. The van der Waals surface area contributed by atoms with Gasteiger partial charge in [0.2, 0.25) is 5.91 Å². The molecule has 4 heterocycles. The van der Waals surface area contributed by atoms with Crippen molar-refractivity contribution in [3.63, 3.8) is 0 Å². The molecule has 1 N–H and O–H groups in total. The van der Waals surface area contributed by atoms with Crippen molar-refractivity contribution in [2.75, 3.05) is 0 Å². The molecule has 0 atom stereocenters. The van der Waals surface area contributed by atoms with Crippen molar-refractivity contribution in [2.45, 2.75) is 13.1 Å². The van der Waals surface area contributed by atoms with Crippen LogP contribution in [-0.2, 0) is 32.0 Å². The molecule has 1 amide bonds. The van der Waals surface area contributed by atoms with Crippen LogP contribution >= 0.6 is 0 Å². The van der Waals surface area contributed by atoms with Gasteiger partial charge in [-0.05, 0) is 12.1 Å². The van der Waals surface area contributed by atoms with E-state index in [0.717, 1.165) is 4.57 Å². The maximum atomic E-state index is 12.4. The Morgan fingerprint density at radius 2 is 1.96 bits per heavy atom. The van der Waals surface area contributed by atoms with Crippen molar-refractivity contribution in [1.29, 1.82) is 0 Å². The number of nitrogens with one attached hydrogen (secondary N) is 1. The van der Waals surface area contributed by atoms with Crippen molar-refractivity contribution in [3.8, 4) is 0 Å². The summed E-state index contributed by atoms with van der Waals surface area (Å²) < 4.78 is 5.46. The molecular formula is C16H16N8O3. The third kappa shape index (κ3) is 2.69. The van der Waals surface area contributed by atoms with Gasteiger partial charge in [0.25, 0.3) is 5.56 Å². The van der Waals surface area contributed by atoms with Gasteiger partial charge >= 0.3 is 5.69 Å². The van der Waals surface area contributed by atoms with Crippen LogP contribution in [-0.4, -0.2) is 39.2 Å². The maximum Gasteiger partial charge on any atom is 0.332 e. The van der Waals surface area contributed by atoms with Gasteiger partial charge in [-0.25, -0.2) is 9.78 Å². The summed E-state index contributed by atoms with van der Waals surface area (Å²) in [5.74, 6) is 0.269. The van der Waals surface area contributed by atoms with Crippen LogP contribution in [0.2, 0.25) is 0 Å². The number of carbonyl (C=O) groups excluding carboxylic acids is 1. The minimum atomic E-state index is -0.498. The number of hydrogen-bond acceptors (Lipinski definition) is 6. The van der Waals surface area contributed by atoms with Crippen LogP contribution in [0.5, 0.6) is 0 Å². The lowest BCUT2D eigenvalue weighted by molar-refractivity contribution is -0.121. The second-order valence-electron chi connectivity index (χ2n) is 6.07. The molecule has 0 aliphatic heterocycles. The predicted molar refractivity (Wildman–Crippen MR) is 95.0 cm³/mol. The molecule has 4 rings (SSSR count). The highest BCUT2D eigenvalue weighted by Crippen LogP contribution is 2.06. The summed E-state index contributed by atoms with van der Waals surface area (Å²) >= 11 is 0. The molecule has 11 nitrogen and oxygen atoms in total. The number of rotatable bonds is 4. The highest BCUT2D eigenvalue weighted by atomic mass is 16.2. The van der Waals surface area contributed by atoms with E-state index in [2.05, 4.69) is 20.5 Å². The zero-order chi connectivity index (χ0) is 19.1. The Morgan fingerprint density at radius 1 is 1.15 bits per heavy atom. The van der Waals surface area contributed by atoms with Crippen LogP contribution in [0.3, 0.4) is 0 Å². The number of amides is 1. The van der Waals surface area contributed by atoms with Crippen LogP contribution in [0.25, 0.3) is 16.8 Å². The summed E-state index contributed by atoms with van der Waals surface area (Å²) in [6, 6.07) is 5.51. The first-order valence-corrected chi connectivity index (χ1v) is 8.13. The molecule has 27 heavy (non-hydrogen) atoms. The largest absolute Gasteiger partial charge is 0.347 e. The van der Waals surface area contributed by atoms with Crippen molar-refractivity contribution in [2.24, 2.45) is 14.1 Å². The highest BCUT2D eigenvalue weighted by Gasteiger charge is 2.16. The minimum absolute atomic E-state index is 0.110. The summed E-state index contributed by atoms with van der Waals surface area (Å²) in [7, 11) is 2.91. The Bertz CT molecular complexity index is 1290. The molecular weight excluding hydrogens is 352 g/mol. The standard InChI is InChI=1S/C16H16N8O3/c1-21-14-13(15(26)22(2)16(21)27)23(9-18-14)8-12(25)17-7-11-20-19-10-5-3-4-6-24(10)11/h3-6,9H,7-8H2,1-2H3,(H,17,25). The zero-order valence-electron chi connectivity index (χ0n) is 14.7. The Hall–Kier alpha value is -3.76. The number of imidazole rings is 1. The average molecular weight is 368 g/mol. The third-order valence-corrected chi connectivity index (χ3v) is 4.36. The van der Waals surface area contributed by atoms with Gasteiger partial charge in [0.15, 0.2) is 22.6 Å².